The van der Waals surface area contributed by atoms with Gasteiger partial charge in [0.15, 0.2) is 0 Å². The van der Waals surface area contributed by atoms with Crippen LogP contribution in [0.2, 0.25) is 0 Å². The smallest absolute Gasteiger partial charge is 0.408 e. The van der Waals surface area contributed by atoms with Gasteiger partial charge in [-0.1, -0.05) is 77.0 Å². The first kappa shape index (κ1) is 31.3. The molecule has 0 aliphatic rings. The Bertz CT molecular complexity index is 807. The van der Waals surface area contributed by atoms with E-state index in [0.29, 0.717) is 18.7 Å². The monoisotopic (exact) mass is 505 g/mol. The van der Waals surface area contributed by atoms with Gasteiger partial charge >= 0.3 is 6.09 Å². The molecule has 0 saturated carbocycles. The number of hydrogen-bond donors (Lipinski definition) is 3. The highest BCUT2D eigenvalue weighted by atomic mass is 16.6. The molecule has 0 aliphatic carbocycles. The minimum Gasteiger partial charge on any atom is -0.508 e. The molecule has 1 rings (SSSR count). The van der Waals surface area contributed by atoms with Crippen LogP contribution in [-0.4, -0.2) is 53.1 Å². The van der Waals surface area contributed by atoms with Gasteiger partial charge in [0.25, 0.3) is 0 Å². The summed E-state index contributed by atoms with van der Waals surface area (Å²) in [5.74, 6) is -0.803. The molecule has 0 aromatic heterocycles. The first-order valence-corrected chi connectivity index (χ1v) is 13.4. The van der Waals surface area contributed by atoms with Crippen LogP contribution in [0.25, 0.3) is 0 Å². The maximum absolute atomic E-state index is 13.4. The van der Waals surface area contributed by atoms with Crippen LogP contribution >= 0.6 is 0 Å². The molecule has 8 heteroatoms. The first-order chi connectivity index (χ1) is 17.1. The van der Waals surface area contributed by atoms with Crippen molar-refractivity contribution in [1.29, 1.82) is 0 Å². The average molecular weight is 506 g/mol. The fraction of sp³-hybridized carbons (Fsp3) is 0.679. The van der Waals surface area contributed by atoms with E-state index in [4.69, 9.17) is 4.74 Å². The van der Waals surface area contributed by atoms with E-state index in [1.165, 1.54) is 17.4 Å². The summed E-state index contributed by atoms with van der Waals surface area (Å²) < 4.78 is 5.25. The number of ether oxygens (including phenoxy) is 1. The molecule has 0 saturated heterocycles. The first-order valence-electron chi connectivity index (χ1n) is 13.4. The number of aromatic hydroxyl groups is 1. The Morgan fingerprint density at radius 2 is 1.53 bits per heavy atom. The number of amides is 3. The van der Waals surface area contributed by atoms with Gasteiger partial charge in [-0.15, -0.1) is 0 Å². The Hall–Kier alpha value is -2.77. The molecule has 3 amide bonds. The number of nitrogens with zero attached hydrogens (tertiary/aromatic N) is 1. The van der Waals surface area contributed by atoms with Crippen molar-refractivity contribution in [3.05, 3.63) is 29.8 Å². The van der Waals surface area contributed by atoms with Gasteiger partial charge in [0.1, 0.15) is 23.9 Å². The zero-order valence-corrected chi connectivity index (χ0v) is 22.9. The third-order valence-electron chi connectivity index (χ3n) is 5.73. The Morgan fingerprint density at radius 1 is 0.917 bits per heavy atom. The maximum atomic E-state index is 13.4. The predicted molar refractivity (Wildman–Crippen MR) is 143 cm³/mol. The van der Waals surface area contributed by atoms with Crippen molar-refractivity contribution in [3.63, 3.8) is 0 Å². The molecule has 0 bridgehead atoms. The van der Waals surface area contributed by atoms with Crippen molar-refractivity contribution in [2.75, 3.05) is 19.6 Å². The van der Waals surface area contributed by atoms with Crippen LogP contribution in [0.3, 0.4) is 0 Å². The van der Waals surface area contributed by atoms with Gasteiger partial charge in [-0.3, -0.25) is 9.59 Å². The second kappa shape index (κ2) is 16.8. The van der Waals surface area contributed by atoms with Crippen LogP contribution in [0, 0.1) is 0 Å². The molecule has 8 nitrogen and oxygen atoms in total. The lowest BCUT2D eigenvalue weighted by atomic mass is 10.0. The number of alkyl carbamates (subject to hydrolysis) is 1. The van der Waals surface area contributed by atoms with Gasteiger partial charge in [-0.25, -0.2) is 4.79 Å². The predicted octanol–water partition coefficient (Wildman–Crippen LogP) is 5.45. The number of nitrogens with one attached hydrogen (secondary N) is 2. The van der Waals surface area contributed by atoms with Gasteiger partial charge in [0.05, 0.1) is 0 Å². The van der Waals surface area contributed by atoms with Gasteiger partial charge in [-0.2, -0.15) is 0 Å². The average Bonchev–Trinajstić information content (AvgIpc) is 2.81. The third kappa shape index (κ3) is 12.3. The number of carbonyl (C=O) groups is 3. The molecule has 1 aromatic rings. The lowest BCUT2D eigenvalue weighted by Crippen LogP contribution is -2.48. The highest BCUT2D eigenvalue weighted by Gasteiger charge is 2.33. The quantitative estimate of drug-likeness (QED) is 0.259. The van der Waals surface area contributed by atoms with Crippen molar-refractivity contribution in [1.82, 2.24) is 15.5 Å². The molecule has 1 atom stereocenters. The van der Waals surface area contributed by atoms with Gasteiger partial charge in [0.2, 0.25) is 11.8 Å². The number of carbonyl (C=O) groups excluding carboxylic acids is 3. The van der Waals surface area contributed by atoms with Crippen LogP contribution in [0.1, 0.15) is 104 Å². The molecule has 0 aliphatic heterocycles. The van der Waals surface area contributed by atoms with Crippen LogP contribution in [0.5, 0.6) is 5.75 Å². The summed E-state index contributed by atoms with van der Waals surface area (Å²) in [6.45, 7) is 10.0. The highest BCUT2D eigenvalue weighted by molar-refractivity contribution is 5.90. The molecule has 1 unspecified atom stereocenters. The minimum absolute atomic E-state index is 0.0490. The number of phenolic OH excluding ortho intramolecular Hbond substituents is 1. The Morgan fingerprint density at radius 3 is 2.17 bits per heavy atom. The van der Waals surface area contributed by atoms with Crippen LogP contribution < -0.4 is 10.6 Å². The van der Waals surface area contributed by atoms with E-state index in [0.717, 1.165) is 51.4 Å². The number of unbranched alkanes of at least 4 members (excludes halogenated alkanes) is 7. The Kier molecular flexibility index (Phi) is 14.6. The molecule has 0 fully saturated rings. The van der Waals surface area contributed by atoms with E-state index >= 15 is 0 Å². The lowest BCUT2D eigenvalue weighted by Gasteiger charge is -2.32. The minimum atomic E-state index is -1.00. The van der Waals surface area contributed by atoms with E-state index in [1.54, 1.807) is 39.0 Å². The highest BCUT2D eigenvalue weighted by Crippen LogP contribution is 2.29. The molecule has 36 heavy (non-hydrogen) atoms. The van der Waals surface area contributed by atoms with E-state index in [9.17, 15) is 19.5 Å². The zero-order chi connectivity index (χ0) is 27.0. The Labute approximate surface area is 217 Å². The molecule has 0 heterocycles. The number of phenols is 1. The summed E-state index contributed by atoms with van der Waals surface area (Å²) >= 11 is 0. The van der Waals surface area contributed by atoms with E-state index < -0.39 is 23.6 Å². The molecular formula is C28H47N3O5. The number of hydrogen-bond acceptors (Lipinski definition) is 5. The normalized spacial score (nSPS) is 12.0. The van der Waals surface area contributed by atoms with Crippen molar-refractivity contribution in [2.45, 2.75) is 104 Å². The summed E-state index contributed by atoms with van der Waals surface area (Å²) in [5.41, 5.74) is -0.329. The van der Waals surface area contributed by atoms with Crippen molar-refractivity contribution < 1.29 is 24.2 Å². The summed E-state index contributed by atoms with van der Waals surface area (Å²) in [7, 11) is 0. The third-order valence-corrected chi connectivity index (χ3v) is 5.73. The van der Waals surface area contributed by atoms with Crippen LogP contribution in [-0.2, 0) is 14.3 Å². The molecular weight excluding hydrogens is 458 g/mol. The number of benzene rings is 1. The Balaban J connectivity index is 3.11. The number of para-hydroxylation sites is 1. The van der Waals surface area contributed by atoms with Crippen molar-refractivity contribution in [3.8, 4) is 5.75 Å². The zero-order valence-electron chi connectivity index (χ0n) is 22.9. The van der Waals surface area contributed by atoms with Crippen molar-refractivity contribution >= 4 is 17.9 Å². The summed E-state index contributed by atoms with van der Waals surface area (Å²) in [6, 6.07) is 5.59. The van der Waals surface area contributed by atoms with Crippen LogP contribution in [0.15, 0.2) is 24.3 Å². The molecule has 1 aromatic carbocycles. The van der Waals surface area contributed by atoms with Crippen LogP contribution in [0.4, 0.5) is 4.79 Å². The summed E-state index contributed by atoms with van der Waals surface area (Å²) in [5, 5.41) is 16.0. The second-order valence-electron chi connectivity index (χ2n) is 10.2. The summed E-state index contributed by atoms with van der Waals surface area (Å²) in [6.07, 6.45) is 8.29. The van der Waals surface area contributed by atoms with E-state index in [-0.39, 0.29) is 18.2 Å². The van der Waals surface area contributed by atoms with Gasteiger partial charge < -0.3 is 25.4 Å². The summed E-state index contributed by atoms with van der Waals surface area (Å²) in [4.78, 5) is 40.4. The largest absolute Gasteiger partial charge is 0.508 e. The fourth-order valence-corrected chi connectivity index (χ4v) is 3.88. The molecule has 0 spiro atoms. The van der Waals surface area contributed by atoms with Gasteiger partial charge in [0, 0.05) is 18.7 Å². The SMILES string of the molecule is CCCCCCCCN(C(=O)CNC(=O)OC(C)(C)C)C(C(=O)NCCCCC)c1ccccc1O. The van der Waals surface area contributed by atoms with Crippen molar-refractivity contribution in [2.24, 2.45) is 0 Å². The second-order valence-corrected chi connectivity index (χ2v) is 10.2. The molecule has 204 valence electrons. The van der Waals surface area contributed by atoms with E-state index in [1.807, 2.05) is 0 Å². The molecule has 0 radical (unpaired) electrons. The topological polar surface area (TPSA) is 108 Å². The number of rotatable bonds is 16. The molecule has 3 N–H and O–H groups in total. The van der Waals surface area contributed by atoms with Gasteiger partial charge in [-0.05, 0) is 39.7 Å². The van der Waals surface area contributed by atoms with E-state index in [2.05, 4.69) is 24.5 Å². The lowest BCUT2D eigenvalue weighted by molar-refractivity contribution is -0.140. The maximum Gasteiger partial charge on any atom is 0.408 e. The fourth-order valence-electron chi connectivity index (χ4n) is 3.88. The standard InChI is InChI=1S/C28H47N3O5/c1-6-8-10-11-12-16-20-31(24(33)21-30-27(35)36-28(3,4)5)25(22-17-13-14-18-23(22)32)26(34)29-19-15-9-7-2/h13-14,17-18,25,32H,6-12,15-16,19-21H2,1-5H3,(H,29,34)(H,30,35).